The monoisotopic (exact) mass is 443 g/mol. The normalized spacial score (nSPS) is 16.8. The molecule has 0 spiro atoms. The van der Waals surface area contributed by atoms with E-state index in [-0.39, 0.29) is 5.25 Å². The molecular weight excluding hydrogens is 422 g/mol. The Balaban J connectivity index is 1.88. The van der Waals surface area contributed by atoms with Crippen LogP contribution in [0.3, 0.4) is 0 Å². The Morgan fingerprint density at radius 1 is 1.41 bits per heavy atom. The van der Waals surface area contributed by atoms with Gasteiger partial charge in [0.25, 0.3) is 0 Å². The van der Waals surface area contributed by atoms with E-state index in [1.165, 1.54) is 22.7 Å². The third-order valence-electron chi connectivity index (χ3n) is 5.00. The van der Waals surface area contributed by atoms with Crippen molar-refractivity contribution in [3.05, 3.63) is 40.6 Å². The molecule has 4 rings (SSSR count). The molecule has 29 heavy (non-hydrogen) atoms. The largest absolute Gasteiger partial charge is 0.611 e. The van der Waals surface area contributed by atoms with Crippen LogP contribution < -0.4 is 11.5 Å². The maximum Gasteiger partial charge on any atom is 0.232 e. The van der Waals surface area contributed by atoms with Crippen LogP contribution in [-0.4, -0.2) is 26.5 Å². The van der Waals surface area contributed by atoms with Crippen LogP contribution in [0, 0.1) is 0 Å². The van der Waals surface area contributed by atoms with Crippen molar-refractivity contribution >= 4 is 62.0 Å². The first-order valence-corrected chi connectivity index (χ1v) is 12.1. The van der Waals surface area contributed by atoms with Crippen LogP contribution in [0.1, 0.15) is 31.9 Å². The molecule has 3 aromatic heterocycles. The number of thiazole rings is 1. The minimum Gasteiger partial charge on any atom is -0.611 e. The van der Waals surface area contributed by atoms with E-state index in [1.54, 1.807) is 11.6 Å². The SMILES string of the molecule is C=N/C(N)=C\C=C(/C)c1cc(-c2cscn2)c2c(N)c([S+]([O-])C3CCC3)sc2n1. The molecule has 0 radical (unpaired) electrons. The number of aromatic nitrogens is 2. The van der Waals surface area contributed by atoms with E-state index >= 15 is 0 Å². The summed E-state index contributed by atoms with van der Waals surface area (Å²) in [7, 11) is 0. The van der Waals surface area contributed by atoms with Gasteiger partial charge in [-0.2, -0.15) is 0 Å². The molecule has 3 heterocycles. The summed E-state index contributed by atoms with van der Waals surface area (Å²) in [6.45, 7) is 5.37. The van der Waals surface area contributed by atoms with Crippen LogP contribution >= 0.6 is 22.7 Å². The zero-order valence-corrected chi connectivity index (χ0v) is 18.4. The van der Waals surface area contributed by atoms with Gasteiger partial charge in [0.1, 0.15) is 21.6 Å². The van der Waals surface area contributed by atoms with E-state index in [1.807, 2.05) is 24.4 Å². The number of allylic oxidation sites excluding steroid dienone is 3. The Hall–Kier alpha value is -2.20. The summed E-state index contributed by atoms with van der Waals surface area (Å²) in [5, 5.41) is 3.02. The van der Waals surface area contributed by atoms with Crippen LogP contribution in [0.5, 0.6) is 0 Å². The summed E-state index contributed by atoms with van der Waals surface area (Å²) < 4.78 is 13.7. The average molecular weight is 444 g/mol. The standard InChI is InChI=1S/C20H21N5OS3/c1-11(6-7-16(21)23-2)14-8-13(15-9-27-10-24-15)17-18(22)20(28-19(17)25-14)29(26)12-4-3-5-12/h6-10,12H,2-5,21-22H2,1H3/b11-6+,16-7-. The molecule has 6 nitrogen and oxygen atoms in total. The smallest absolute Gasteiger partial charge is 0.232 e. The summed E-state index contributed by atoms with van der Waals surface area (Å²) in [6, 6.07) is 1.98. The number of anilines is 1. The molecule has 0 aromatic carbocycles. The molecule has 0 amide bonds. The minimum absolute atomic E-state index is 0.203. The lowest BCUT2D eigenvalue weighted by atomic mass is 10.0. The summed E-state index contributed by atoms with van der Waals surface area (Å²) in [6.07, 6.45) is 6.66. The van der Waals surface area contributed by atoms with Gasteiger partial charge in [-0.05, 0) is 50.6 Å². The van der Waals surface area contributed by atoms with E-state index in [4.69, 9.17) is 16.5 Å². The maximum absolute atomic E-state index is 13.0. The van der Waals surface area contributed by atoms with Gasteiger partial charge in [0, 0.05) is 27.5 Å². The number of aliphatic imine (C=N–C) groups is 1. The molecule has 1 saturated carbocycles. The van der Waals surface area contributed by atoms with E-state index in [2.05, 4.69) is 16.7 Å². The quantitative estimate of drug-likeness (QED) is 0.329. The van der Waals surface area contributed by atoms with E-state index in [0.29, 0.717) is 11.5 Å². The molecular formula is C20H21N5OS3. The molecule has 9 heteroatoms. The van der Waals surface area contributed by atoms with E-state index in [9.17, 15) is 4.55 Å². The lowest BCUT2D eigenvalue weighted by Gasteiger charge is -2.27. The van der Waals surface area contributed by atoms with Gasteiger partial charge in [0.2, 0.25) is 4.21 Å². The van der Waals surface area contributed by atoms with Crippen molar-refractivity contribution in [3.8, 4) is 11.3 Å². The number of nitrogens with two attached hydrogens (primary N) is 2. The van der Waals surface area contributed by atoms with Gasteiger partial charge < -0.3 is 16.0 Å². The number of nitrogens with zero attached hydrogens (tertiary/aromatic N) is 3. The number of thiophene rings is 1. The second-order valence-corrected chi connectivity index (χ2v) is 10.5. The first-order valence-electron chi connectivity index (χ1n) is 9.13. The van der Waals surface area contributed by atoms with Crippen molar-refractivity contribution in [1.82, 2.24) is 9.97 Å². The molecule has 1 fully saturated rings. The number of hydrogen-bond acceptors (Lipinski definition) is 8. The molecule has 3 aromatic rings. The molecule has 1 aliphatic rings. The first-order chi connectivity index (χ1) is 14.0. The van der Waals surface area contributed by atoms with E-state index < -0.39 is 11.2 Å². The Bertz CT molecular complexity index is 1110. The van der Waals surface area contributed by atoms with Crippen LogP contribution in [-0.2, 0) is 11.2 Å². The molecule has 0 aliphatic heterocycles. The van der Waals surface area contributed by atoms with Gasteiger partial charge in [-0.15, -0.1) is 11.3 Å². The molecule has 150 valence electrons. The summed E-state index contributed by atoms with van der Waals surface area (Å²) >= 11 is 1.85. The fourth-order valence-electron chi connectivity index (χ4n) is 3.08. The van der Waals surface area contributed by atoms with Gasteiger partial charge in [0.15, 0.2) is 0 Å². The maximum atomic E-state index is 13.0. The average Bonchev–Trinajstić information content (AvgIpc) is 3.32. The van der Waals surface area contributed by atoms with Crippen LogP contribution in [0.15, 0.2) is 44.1 Å². The van der Waals surface area contributed by atoms with Gasteiger partial charge in [-0.1, -0.05) is 17.4 Å². The number of pyridine rings is 1. The third kappa shape index (κ3) is 3.83. The third-order valence-corrected chi connectivity index (χ3v) is 8.89. The van der Waals surface area contributed by atoms with Gasteiger partial charge in [0.05, 0.1) is 16.9 Å². The van der Waals surface area contributed by atoms with Crippen molar-refractivity contribution < 1.29 is 4.55 Å². The Morgan fingerprint density at radius 2 is 2.21 bits per heavy atom. The predicted molar refractivity (Wildman–Crippen MR) is 125 cm³/mol. The van der Waals surface area contributed by atoms with Crippen molar-refractivity contribution in [2.45, 2.75) is 35.6 Å². The van der Waals surface area contributed by atoms with Gasteiger partial charge in [-0.25, -0.2) is 15.0 Å². The molecule has 1 aliphatic carbocycles. The fourth-order valence-corrected chi connectivity index (χ4v) is 6.85. The zero-order valence-electron chi connectivity index (χ0n) is 15.9. The van der Waals surface area contributed by atoms with Crippen molar-refractivity contribution in [2.75, 3.05) is 5.73 Å². The molecule has 1 unspecified atom stereocenters. The topological polar surface area (TPSA) is 113 Å². The highest BCUT2D eigenvalue weighted by Crippen LogP contribution is 2.45. The Labute approximate surface area is 180 Å². The summed E-state index contributed by atoms with van der Waals surface area (Å²) in [5.41, 5.74) is 18.0. The number of hydrogen-bond donors (Lipinski definition) is 2. The lowest BCUT2D eigenvalue weighted by Crippen LogP contribution is -2.28. The fraction of sp³-hybridized carbons (Fsp3) is 0.250. The Morgan fingerprint density at radius 3 is 2.83 bits per heavy atom. The van der Waals surface area contributed by atoms with Crippen LogP contribution in [0.4, 0.5) is 5.69 Å². The van der Waals surface area contributed by atoms with Crippen LogP contribution in [0.2, 0.25) is 0 Å². The second-order valence-electron chi connectivity index (χ2n) is 6.86. The first kappa shape index (κ1) is 20.1. The van der Waals surface area contributed by atoms with Gasteiger partial charge >= 0.3 is 0 Å². The molecule has 0 saturated heterocycles. The van der Waals surface area contributed by atoms with Crippen molar-refractivity contribution in [1.29, 1.82) is 0 Å². The zero-order chi connectivity index (χ0) is 20.5. The van der Waals surface area contributed by atoms with Crippen LogP contribution in [0.25, 0.3) is 27.0 Å². The number of fused-ring (bicyclic) bond motifs is 1. The highest BCUT2D eigenvalue weighted by atomic mass is 32.2. The number of rotatable bonds is 6. The highest BCUT2D eigenvalue weighted by Gasteiger charge is 2.35. The van der Waals surface area contributed by atoms with E-state index in [0.717, 1.165) is 56.2 Å². The van der Waals surface area contributed by atoms with Gasteiger partial charge in [-0.3, -0.25) is 0 Å². The minimum atomic E-state index is -1.09. The van der Waals surface area contributed by atoms with Crippen molar-refractivity contribution in [2.24, 2.45) is 10.7 Å². The molecule has 0 bridgehead atoms. The summed E-state index contributed by atoms with van der Waals surface area (Å²) in [4.78, 5) is 13.8. The Kier molecular flexibility index (Phi) is 5.73. The lowest BCUT2D eigenvalue weighted by molar-refractivity contribution is 0.478. The predicted octanol–water partition coefficient (Wildman–Crippen LogP) is 4.57. The molecule has 1 atom stereocenters. The number of nitrogen functional groups attached to an aromatic ring is 1. The van der Waals surface area contributed by atoms with Crippen molar-refractivity contribution in [3.63, 3.8) is 0 Å². The highest BCUT2D eigenvalue weighted by molar-refractivity contribution is 7.94. The molecule has 4 N–H and O–H groups in total. The summed E-state index contributed by atoms with van der Waals surface area (Å²) in [5.74, 6) is 0.337. The second kappa shape index (κ2) is 8.27.